The Hall–Kier alpha value is -1.52. The summed E-state index contributed by atoms with van der Waals surface area (Å²) in [6, 6.07) is 13.9. The van der Waals surface area contributed by atoms with Crippen molar-refractivity contribution < 1.29 is 5.11 Å². The topological polar surface area (TPSA) is 37.2 Å². The first-order valence-corrected chi connectivity index (χ1v) is 8.69. The van der Waals surface area contributed by atoms with E-state index in [1.54, 1.807) is 13.0 Å². The minimum atomic E-state index is -0.355. The van der Waals surface area contributed by atoms with Crippen molar-refractivity contribution in [1.82, 2.24) is 9.88 Å². The fourth-order valence-electron chi connectivity index (χ4n) is 2.84. The molecular formula is C19H20Cl2N2O. The van der Waals surface area contributed by atoms with Gasteiger partial charge in [0.25, 0.3) is 0 Å². The van der Waals surface area contributed by atoms with Crippen molar-refractivity contribution in [2.45, 2.75) is 26.1 Å². The van der Waals surface area contributed by atoms with E-state index in [1.165, 1.54) is 10.9 Å². The third-order valence-electron chi connectivity index (χ3n) is 3.98. The molecule has 0 radical (unpaired) electrons. The second kappa shape index (κ2) is 7.58. The fraction of sp³-hybridized carbons (Fsp3) is 0.263. The van der Waals surface area contributed by atoms with Gasteiger partial charge in [-0.2, -0.15) is 0 Å². The Morgan fingerprint density at radius 3 is 2.67 bits per heavy atom. The Morgan fingerprint density at radius 1 is 1.12 bits per heavy atom. The average molecular weight is 363 g/mol. The molecule has 3 nitrogen and oxygen atoms in total. The van der Waals surface area contributed by atoms with E-state index in [4.69, 9.17) is 23.2 Å². The predicted molar refractivity (Wildman–Crippen MR) is 101 cm³/mol. The molecule has 126 valence electrons. The molecule has 5 heteroatoms. The number of para-hydroxylation sites is 1. The van der Waals surface area contributed by atoms with Gasteiger partial charge in [-0.05, 0) is 36.2 Å². The van der Waals surface area contributed by atoms with E-state index in [9.17, 15) is 5.11 Å². The molecule has 1 atom stereocenters. The Labute approximate surface area is 151 Å². The van der Waals surface area contributed by atoms with Crippen molar-refractivity contribution in [3.63, 3.8) is 0 Å². The van der Waals surface area contributed by atoms with Gasteiger partial charge in [0.05, 0.1) is 6.10 Å². The average Bonchev–Trinajstić information content (AvgIpc) is 2.88. The second-order valence-electron chi connectivity index (χ2n) is 6.02. The summed E-state index contributed by atoms with van der Waals surface area (Å²) in [5.74, 6) is 0. The van der Waals surface area contributed by atoms with Crippen molar-refractivity contribution in [1.29, 1.82) is 0 Å². The standard InChI is InChI=1S/C19H20Cl2N2O/c1-13(24)9-22-10-15-12-23(19-5-3-2-4-17(15)19)11-14-6-7-16(20)8-18(14)21/h2-8,12-13,22,24H,9-11H2,1H3/t13-/m1/s1. The zero-order valence-electron chi connectivity index (χ0n) is 13.5. The van der Waals surface area contributed by atoms with Gasteiger partial charge in [-0.3, -0.25) is 0 Å². The molecule has 0 spiro atoms. The summed E-state index contributed by atoms with van der Waals surface area (Å²) in [6.45, 7) is 3.75. The number of aliphatic hydroxyl groups excluding tert-OH is 1. The van der Waals surface area contributed by atoms with Gasteiger partial charge in [0, 0.05) is 46.8 Å². The summed E-state index contributed by atoms with van der Waals surface area (Å²) in [7, 11) is 0. The first-order valence-electron chi connectivity index (χ1n) is 7.94. The van der Waals surface area contributed by atoms with Crippen LogP contribution >= 0.6 is 23.2 Å². The van der Waals surface area contributed by atoms with Crippen molar-refractivity contribution >= 4 is 34.1 Å². The third kappa shape index (κ3) is 3.93. The summed E-state index contributed by atoms with van der Waals surface area (Å²) in [6.07, 6.45) is 1.79. The summed E-state index contributed by atoms with van der Waals surface area (Å²) >= 11 is 12.3. The van der Waals surface area contributed by atoms with E-state index in [-0.39, 0.29) is 6.10 Å². The molecule has 1 heterocycles. The van der Waals surface area contributed by atoms with Crippen LogP contribution in [0, 0.1) is 0 Å². The molecule has 0 saturated carbocycles. The van der Waals surface area contributed by atoms with E-state index in [2.05, 4.69) is 28.2 Å². The monoisotopic (exact) mass is 362 g/mol. The van der Waals surface area contributed by atoms with Crippen LogP contribution in [-0.4, -0.2) is 22.3 Å². The van der Waals surface area contributed by atoms with Gasteiger partial charge in [0.15, 0.2) is 0 Å². The van der Waals surface area contributed by atoms with Crippen molar-refractivity contribution in [3.8, 4) is 0 Å². The van der Waals surface area contributed by atoms with Crippen LogP contribution in [0.25, 0.3) is 10.9 Å². The normalized spacial score (nSPS) is 12.7. The lowest BCUT2D eigenvalue weighted by molar-refractivity contribution is 0.191. The van der Waals surface area contributed by atoms with E-state index in [1.807, 2.05) is 24.3 Å². The highest BCUT2D eigenvalue weighted by molar-refractivity contribution is 6.35. The molecule has 3 rings (SSSR count). The van der Waals surface area contributed by atoms with Crippen LogP contribution in [0.15, 0.2) is 48.7 Å². The van der Waals surface area contributed by atoms with Crippen molar-refractivity contribution in [2.24, 2.45) is 0 Å². The fourth-order valence-corrected chi connectivity index (χ4v) is 3.31. The van der Waals surface area contributed by atoms with Gasteiger partial charge in [0.2, 0.25) is 0 Å². The number of hydrogen-bond donors (Lipinski definition) is 2. The number of rotatable bonds is 6. The number of nitrogens with zero attached hydrogens (tertiary/aromatic N) is 1. The number of aliphatic hydroxyl groups is 1. The largest absolute Gasteiger partial charge is 0.392 e. The number of fused-ring (bicyclic) bond motifs is 1. The molecule has 0 aliphatic rings. The lowest BCUT2D eigenvalue weighted by Crippen LogP contribution is -2.23. The van der Waals surface area contributed by atoms with Crippen LogP contribution in [0.3, 0.4) is 0 Å². The highest BCUT2D eigenvalue weighted by atomic mass is 35.5. The van der Waals surface area contributed by atoms with Gasteiger partial charge in [-0.15, -0.1) is 0 Å². The molecule has 0 saturated heterocycles. The van der Waals surface area contributed by atoms with Gasteiger partial charge in [-0.1, -0.05) is 47.5 Å². The second-order valence-corrected chi connectivity index (χ2v) is 6.86. The first kappa shape index (κ1) is 17.3. The Morgan fingerprint density at radius 2 is 1.92 bits per heavy atom. The summed E-state index contributed by atoms with van der Waals surface area (Å²) in [4.78, 5) is 0. The maximum absolute atomic E-state index is 9.40. The molecule has 0 fully saturated rings. The minimum absolute atomic E-state index is 0.355. The number of hydrogen-bond acceptors (Lipinski definition) is 2. The lowest BCUT2D eigenvalue weighted by atomic mass is 10.2. The number of nitrogens with one attached hydrogen (secondary N) is 1. The van der Waals surface area contributed by atoms with Crippen molar-refractivity contribution in [3.05, 3.63) is 69.8 Å². The number of benzene rings is 2. The van der Waals surface area contributed by atoms with E-state index >= 15 is 0 Å². The SMILES string of the molecule is C[C@@H](O)CNCc1cn(Cc2ccc(Cl)cc2Cl)c2ccccc12. The molecule has 1 aromatic heterocycles. The van der Waals surface area contributed by atoms with E-state index in [0.29, 0.717) is 29.7 Å². The zero-order chi connectivity index (χ0) is 17.1. The van der Waals surface area contributed by atoms with E-state index in [0.717, 1.165) is 11.1 Å². The van der Waals surface area contributed by atoms with Crippen LogP contribution in [0.5, 0.6) is 0 Å². The molecule has 0 bridgehead atoms. The van der Waals surface area contributed by atoms with Gasteiger partial charge >= 0.3 is 0 Å². The van der Waals surface area contributed by atoms with Crippen LogP contribution in [-0.2, 0) is 13.1 Å². The smallest absolute Gasteiger partial charge is 0.0636 e. The van der Waals surface area contributed by atoms with Crippen LogP contribution in [0.4, 0.5) is 0 Å². The molecular weight excluding hydrogens is 343 g/mol. The molecule has 2 N–H and O–H groups in total. The predicted octanol–water partition coefficient (Wildman–Crippen LogP) is 4.47. The Kier molecular flexibility index (Phi) is 5.47. The van der Waals surface area contributed by atoms with Crippen molar-refractivity contribution in [2.75, 3.05) is 6.54 Å². The number of aromatic nitrogens is 1. The summed E-state index contributed by atoms with van der Waals surface area (Å²) < 4.78 is 2.20. The first-order chi connectivity index (χ1) is 11.5. The zero-order valence-corrected chi connectivity index (χ0v) is 15.0. The number of halogens is 2. The Bertz CT molecular complexity index is 842. The van der Waals surface area contributed by atoms with Gasteiger partial charge < -0.3 is 15.0 Å². The van der Waals surface area contributed by atoms with E-state index < -0.39 is 0 Å². The molecule has 0 amide bonds. The van der Waals surface area contributed by atoms with Crippen LogP contribution in [0.2, 0.25) is 10.0 Å². The molecule has 0 unspecified atom stereocenters. The molecule has 24 heavy (non-hydrogen) atoms. The minimum Gasteiger partial charge on any atom is -0.392 e. The van der Waals surface area contributed by atoms with Crippen LogP contribution < -0.4 is 5.32 Å². The highest BCUT2D eigenvalue weighted by Gasteiger charge is 2.10. The summed E-state index contributed by atoms with van der Waals surface area (Å²) in [5, 5.41) is 15.2. The van der Waals surface area contributed by atoms with Crippen LogP contribution in [0.1, 0.15) is 18.1 Å². The van der Waals surface area contributed by atoms with Gasteiger partial charge in [-0.25, -0.2) is 0 Å². The maximum Gasteiger partial charge on any atom is 0.0636 e. The molecule has 2 aromatic carbocycles. The third-order valence-corrected chi connectivity index (χ3v) is 4.57. The van der Waals surface area contributed by atoms with Gasteiger partial charge in [0.1, 0.15) is 0 Å². The maximum atomic E-state index is 9.40. The quantitative estimate of drug-likeness (QED) is 0.678. The molecule has 0 aliphatic carbocycles. The lowest BCUT2D eigenvalue weighted by Gasteiger charge is -2.08. The summed E-state index contributed by atoms with van der Waals surface area (Å²) in [5.41, 5.74) is 3.40. The Balaban J connectivity index is 1.90. The molecule has 0 aliphatic heterocycles. The highest BCUT2D eigenvalue weighted by Crippen LogP contribution is 2.26. The molecule has 3 aromatic rings.